The average Bonchev–Trinajstić information content (AvgIpc) is 3.24. The van der Waals surface area contributed by atoms with Crippen LogP contribution in [0.3, 0.4) is 0 Å². The molecule has 0 saturated carbocycles. The third-order valence-electron chi connectivity index (χ3n) is 5.86. The number of hydrogen-bond donors (Lipinski definition) is 1. The summed E-state index contributed by atoms with van der Waals surface area (Å²) in [7, 11) is 0. The Labute approximate surface area is 183 Å². The molecule has 0 fully saturated rings. The monoisotopic (exact) mass is 406 g/mol. The summed E-state index contributed by atoms with van der Waals surface area (Å²) in [5.41, 5.74) is 4.86. The lowest BCUT2D eigenvalue weighted by Gasteiger charge is -2.32. The quantitative estimate of drug-likeness (QED) is 0.470. The van der Waals surface area contributed by atoms with Crippen molar-refractivity contribution in [1.29, 1.82) is 0 Å². The second-order valence-electron chi connectivity index (χ2n) is 8.63. The van der Waals surface area contributed by atoms with E-state index < -0.39 is 0 Å². The number of aliphatic imine (C=N–C) groups is 1. The van der Waals surface area contributed by atoms with Crippen LogP contribution >= 0.6 is 0 Å². The molecular formula is C27H26N4. The molecule has 0 radical (unpaired) electrons. The molecule has 2 aromatic carbocycles. The van der Waals surface area contributed by atoms with Crippen molar-refractivity contribution in [3.8, 4) is 11.3 Å². The molecule has 0 amide bonds. The Morgan fingerprint density at radius 3 is 2.42 bits per heavy atom. The molecule has 0 bridgehead atoms. The number of aromatic nitrogens is 2. The fraction of sp³-hybridized carbons (Fsp3) is 0.222. The summed E-state index contributed by atoms with van der Waals surface area (Å²) in [6.45, 7) is 5.25. The fourth-order valence-corrected chi connectivity index (χ4v) is 4.53. The predicted molar refractivity (Wildman–Crippen MR) is 127 cm³/mol. The van der Waals surface area contributed by atoms with Crippen LogP contribution in [0.2, 0.25) is 0 Å². The van der Waals surface area contributed by atoms with Gasteiger partial charge in [-0.05, 0) is 36.1 Å². The molecule has 1 unspecified atom stereocenters. The van der Waals surface area contributed by atoms with Gasteiger partial charge >= 0.3 is 0 Å². The number of rotatable bonds is 5. The second kappa shape index (κ2) is 7.95. The number of benzene rings is 2. The van der Waals surface area contributed by atoms with E-state index in [1.54, 1.807) is 6.20 Å². The van der Waals surface area contributed by atoms with Crippen LogP contribution in [-0.4, -0.2) is 22.3 Å². The van der Waals surface area contributed by atoms with Gasteiger partial charge in [0.1, 0.15) is 5.84 Å². The summed E-state index contributed by atoms with van der Waals surface area (Å²) < 4.78 is 0. The van der Waals surface area contributed by atoms with Gasteiger partial charge in [-0.25, -0.2) is 9.97 Å². The van der Waals surface area contributed by atoms with Gasteiger partial charge in [0.25, 0.3) is 0 Å². The van der Waals surface area contributed by atoms with Crippen LogP contribution in [0.1, 0.15) is 31.4 Å². The highest BCUT2D eigenvalue weighted by Crippen LogP contribution is 2.34. The second-order valence-corrected chi connectivity index (χ2v) is 8.63. The van der Waals surface area contributed by atoms with Gasteiger partial charge in [0.05, 0.1) is 17.8 Å². The topological polar surface area (TPSA) is 50.2 Å². The summed E-state index contributed by atoms with van der Waals surface area (Å²) in [5.74, 6) is 1.46. The maximum Gasteiger partial charge on any atom is 0.160 e. The van der Waals surface area contributed by atoms with Crippen molar-refractivity contribution >= 4 is 16.9 Å². The number of fused-ring (bicyclic) bond motifs is 1. The largest absolute Gasteiger partial charge is 0.358 e. The molecule has 0 aliphatic carbocycles. The van der Waals surface area contributed by atoms with Gasteiger partial charge < -0.3 is 5.32 Å². The van der Waals surface area contributed by atoms with E-state index in [4.69, 9.17) is 9.98 Å². The zero-order valence-corrected chi connectivity index (χ0v) is 17.9. The van der Waals surface area contributed by atoms with Gasteiger partial charge in [0.2, 0.25) is 0 Å². The number of hydrogen-bond acceptors (Lipinski definition) is 4. The highest BCUT2D eigenvalue weighted by Gasteiger charge is 2.38. The van der Waals surface area contributed by atoms with Crippen LogP contribution in [0.5, 0.6) is 0 Å². The highest BCUT2D eigenvalue weighted by molar-refractivity contribution is 6.10. The van der Waals surface area contributed by atoms with Crippen molar-refractivity contribution in [2.45, 2.75) is 25.8 Å². The van der Waals surface area contributed by atoms with E-state index in [9.17, 15) is 0 Å². The van der Waals surface area contributed by atoms with Crippen molar-refractivity contribution in [3.05, 3.63) is 96.2 Å². The van der Waals surface area contributed by atoms with Crippen LogP contribution in [0, 0.1) is 5.92 Å². The first-order valence-electron chi connectivity index (χ1n) is 10.8. The minimum Gasteiger partial charge on any atom is -0.358 e. The molecule has 154 valence electrons. The predicted octanol–water partition coefficient (Wildman–Crippen LogP) is 5.59. The first-order valence-corrected chi connectivity index (χ1v) is 10.8. The van der Waals surface area contributed by atoms with Gasteiger partial charge in [-0.15, -0.1) is 0 Å². The van der Waals surface area contributed by atoms with E-state index in [0.29, 0.717) is 5.92 Å². The van der Waals surface area contributed by atoms with Crippen LogP contribution < -0.4 is 5.32 Å². The number of nitrogens with zero attached hydrogens (tertiary/aromatic N) is 3. The van der Waals surface area contributed by atoms with Crippen LogP contribution in [-0.2, 0) is 5.54 Å². The molecule has 1 aliphatic heterocycles. The van der Waals surface area contributed by atoms with Crippen molar-refractivity contribution in [2.24, 2.45) is 10.9 Å². The summed E-state index contributed by atoms with van der Waals surface area (Å²) in [5, 5.41) is 4.85. The maximum atomic E-state index is 5.02. The molecule has 2 aromatic heterocycles. The molecular weight excluding hydrogens is 380 g/mol. The number of amidine groups is 1. The first kappa shape index (κ1) is 19.4. The Balaban J connectivity index is 1.61. The lowest BCUT2D eigenvalue weighted by Crippen LogP contribution is -2.44. The van der Waals surface area contributed by atoms with E-state index in [0.717, 1.165) is 46.7 Å². The van der Waals surface area contributed by atoms with Gasteiger partial charge in [-0.2, -0.15) is 0 Å². The van der Waals surface area contributed by atoms with Gasteiger partial charge in [-0.3, -0.25) is 4.99 Å². The van der Waals surface area contributed by atoms with Crippen LogP contribution in [0.15, 0.2) is 90.1 Å². The van der Waals surface area contributed by atoms with Crippen molar-refractivity contribution in [1.82, 2.24) is 15.3 Å². The minimum atomic E-state index is -0.199. The zero-order chi connectivity index (χ0) is 21.3. The molecule has 1 aliphatic rings. The van der Waals surface area contributed by atoms with Crippen molar-refractivity contribution in [3.63, 3.8) is 0 Å². The zero-order valence-electron chi connectivity index (χ0n) is 17.9. The first-order chi connectivity index (χ1) is 15.1. The Morgan fingerprint density at radius 1 is 0.935 bits per heavy atom. The maximum absolute atomic E-state index is 5.02. The Bertz CT molecular complexity index is 1230. The van der Waals surface area contributed by atoms with Crippen molar-refractivity contribution in [2.75, 3.05) is 6.54 Å². The standard InChI is InChI=1S/C27H26N4/c1-19(2)17-27(21-12-7-4-8-13-21)18-29-26(31-27)23-16-24(20-10-5-3-6-11-20)30-25-22(23)14-9-15-28-25/h3-16,19H,17-18H2,1-2H3,(H,29,31). The van der Waals surface area contributed by atoms with E-state index in [-0.39, 0.29) is 5.54 Å². The molecule has 4 aromatic rings. The van der Waals surface area contributed by atoms with E-state index >= 15 is 0 Å². The molecule has 31 heavy (non-hydrogen) atoms. The van der Waals surface area contributed by atoms with Gasteiger partial charge in [-0.1, -0.05) is 74.5 Å². The fourth-order valence-electron chi connectivity index (χ4n) is 4.53. The molecule has 4 nitrogen and oxygen atoms in total. The van der Waals surface area contributed by atoms with Crippen molar-refractivity contribution < 1.29 is 0 Å². The smallest absolute Gasteiger partial charge is 0.160 e. The highest BCUT2D eigenvalue weighted by atomic mass is 15.1. The molecule has 0 spiro atoms. The van der Waals surface area contributed by atoms with E-state index in [2.05, 4.69) is 78.7 Å². The summed E-state index contributed by atoms with van der Waals surface area (Å²) >= 11 is 0. The molecule has 4 heteroatoms. The summed E-state index contributed by atoms with van der Waals surface area (Å²) in [6, 6.07) is 27.1. The molecule has 1 N–H and O–H groups in total. The summed E-state index contributed by atoms with van der Waals surface area (Å²) in [6.07, 6.45) is 2.81. The minimum absolute atomic E-state index is 0.199. The average molecular weight is 407 g/mol. The lowest BCUT2D eigenvalue weighted by atomic mass is 9.83. The Hall–Kier alpha value is -3.53. The number of nitrogens with one attached hydrogen (secondary N) is 1. The summed E-state index contributed by atoms with van der Waals surface area (Å²) in [4.78, 5) is 14.4. The lowest BCUT2D eigenvalue weighted by molar-refractivity contribution is 0.340. The SMILES string of the molecule is CC(C)CC1(c2ccccc2)CN=C(c2cc(-c3ccccc3)nc3ncccc23)N1. The number of pyridine rings is 2. The Kier molecular flexibility index (Phi) is 4.99. The molecule has 1 atom stereocenters. The van der Waals surface area contributed by atoms with Crippen LogP contribution in [0.25, 0.3) is 22.3 Å². The molecule has 3 heterocycles. The van der Waals surface area contributed by atoms with Gasteiger partial charge in [0, 0.05) is 22.7 Å². The third-order valence-corrected chi connectivity index (χ3v) is 5.86. The molecule has 5 rings (SSSR count). The Morgan fingerprint density at radius 2 is 1.68 bits per heavy atom. The van der Waals surface area contributed by atoms with Gasteiger partial charge in [0.15, 0.2) is 5.65 Å². The van der Waals surface area contributed by atoms with E-state index in [1.807, 2.05) is 24.3 Å². The third kappa shape index (κ3) is 3.70. The van der Waals surface area contributed by atoms with E-state index in [1.165, 1.54) is 5.56 Å². The van der Waals surface area contributed by atoms with Crippen LogP contribution in [0.4, 0.5) is 0 Å². The normalized spacial score (nSPS) is 18.2. The molecule has 0 saturated heterocycles.